The maximum atomic E-state index is 12.7. The lowest BCUT2D eigenvalue weighted by atomic mass is 10.3. The molecule has 3 heterocycles. The first-order valence-corrected chi connectivity index (χ1v) is 11.2. The van der Waals surface area contributed by atoms with Gasteiger partial charge in [-0.05, 0) is 24.6 Å². The Morgan fingerprint density at radius 3 is 2.79 bits per heavy atom. The van der Waals surface area contributed by atoms with Gasteiger partial charge in [0.2, 0.25) is 5.91 Å². The van der Waals surface area contributed by atoms with Gasteiger partial charge in [-0.2, -0.15) is 5.10 Å². The van der Waals surface area contributed by atoms with Crippen molar-refractivity contribution in [3.8, 4) is 0 Å². The third-order valence-corrected chi connectivity index (χ3v) is 6.95. The van der Waals surface area contributed by atoms with Crippen molar-refractivity contribution in [2.45, 2.75) is 19.0 Å². The molecule has 0 aliphatic carbocycles. The zero-order valence-electron chi connectivity index (χ0n) is 14.9. The quantitative estimate of drug-likeness (QED) is 0.641. The highest BCUT2D eigenvalue weighted by atomic mass is 35.5. The molecule has 1 fully saturated rings. The second-order valence-electron chi connectivity index (χ2n) is 6.73. The first-order chi connectivity index (χ1) is 13.7. The third-order valence-electron chi connectivity index (χ3n) is 4.65. The summed E-state index contributed by atoms with van der Waals surface area (Å²) in [6.07, 6.45) is 3.02. The van der Waals surface area contributed by atoms with Gasteiger partial charge in [-0.1, -0.05) is 23.2 Å². The lowest BCUT2D eigenvalue weighted by Crippen LogP contribution is -2.28. The number of nitrogens with one attached hydrogen (secondary N) is 1. The first kappa shape index (κ1) is 19.9. The molecule has 29 heavy (non-hydrogen) atoms. The minimum absolute atomic E-state index is 0.0290. The van der Waals surface area contributed by atoms with Crippen LogP contribution in [0.4, 0.5) is 5.69 Å². The molecule has 1 saturated heterocycles. The van der Waals surface area contributed by atoms with Crippen molar-refractivity contribution in [3.05, 3.63) is 51.1 Å². The Morgan fingerprint density at radius 1 is 1.31 bits per heavy atom. The molecule has 1 atom stereocenters. The third kappa shape index (κ3) is 4.00. The standard InChI is InChI=1S/C17H15Cl2N5O4S/c18-10-1-2-14(13(19)5-10)22-15(25)7-23-9-20-16-12(17(23)26)6-21-24(16)11-3-4-29(27,28)8-11/h1-2,5-6,9,11H,3-4,7-8H2,(H,22,25). The summed E-state index contributed by atoms with van der Waals surface area (Å²) >= 11 is 11.9. The maximum Gasteiger partial charge on any atom is 0.264 e. The van der Waals surface area contributed by atoms with Crippen LogP contribution in [0, 0.1) is 0 Å². The SMILES string of the molecule is O=C(Cn1cnc2c(cnn2C2CCS(=O)(=O)C2)c1=O)Nc1ccc(Cl)cc1Cl. The van der Waals surface area contributed by atoms with Gasteiger partial charge < -0.3 is 5.32 Å². The van der Waals surface area contributed by atoms with E-state index in [-0.39, 0.29) is 34.5 Å². The zero-order valence-corrected chi connectivity index (χ0v) is 17.2. The van der Waals surface area contributed by atoms with E-state index in [4.69, 9.17) is 23.2 Å². The van der Waals surface area contributed by atoms with E-state index in [1.54, 1.807) is 12.1 Å². The summed E-state index contributed by atoms with van der Waals surface area (Å²) in [5.41, 5.74) is 0.229. The van der Waals surface area contributed by atoms with E-state index in [0.29, 0.717) is 22.8 Å². The van der Waals surface area contributed by atoms with Gasteiger partial charge in [-0.3, -0.25) is 14.2 Å². The van der Waals surface area contributed by atoms with E-state index in [1.165, 1.54) is 23.3 Å². The number of hydrogen-bond donors (Lipinski definition) is 1. The van der Waals surface area contributed by atoms with Crippen LogP contribution in [0.3, 0.4) is 0 Å². The molecule has 12 heteroatoms. The maximum absolute atomic E-state index is 12.7. The molecule has 1 aliphatic rings. The largest absolute Gasteiger partial charge is 0.323 e. The highest BCUT2D eigenvalue weighted by Crippen LogP contribution is 2.26. The summed E-state index contributed by atoms with van der Waals surface area (Å²) in [4.78, 5) is 29.3. The van der Waals surface area contributed by atoms with Gasteiger partial charge in [0.1, 0.15) is 18.3 Å². The molecule has 152 valence electrons. The molecular weight excluding hydrogens is 441 g/mol. The van der Waals surface area contributed by atoms with Crippen molar-refractivity contribution in [2.24, 2.45) is 0 Å². The van der Waals surface area contributed by atoms with Gasteiger partial charge in [0.05, 0.1) is 34.5 Å². The first-order valence-electron chi connectivity index (χ1n) is 8.61. The van der Waals surface area contributed by atoms with E-state index in [2.05, 4.69) is 15.4 Å². The van der Waals surface area contributed by atoms with E-state index >= 15 is 0 Å². The minimum atomic E-state index is -3.10. The second kappa shape index (κ2) is 7.43. The Morgan fingerprint density at radius 2 is 2.10 bits per heavy atom. The number of sulfone groups is 1. The van der Waals surface area contributed by atoms with E-state index in [1.807, 2.05) is 0 Å². The summed E-state index contributed by atoms with van der Waals surface area (Å²) in [6.45, 7) is -0.274. The summed E-state index contributed by atoms with van der Waals surface area (Å²) < 4.78 is 26.1. The monoisotopic (exact) mass is 455 g/mol. The number of carbonyl (C=O) groups excluding carboxylic acids is 1. The van der Waals surface area contributed by atoms with Crippen molar-refractivity contribution in [3.63, 3.8) is 0 Å². The van der Waals surface area contributed by atoms with Crippen LogP contribution >= 0.6 is 23.2 Å². The van der Waals surface area contributed by atoms with Gasteiger partial charge in [0, 0.05) is 5.02 Å². The van der Waals surface area contributed by atoms with Crippen LogP contribution in [-0.4, -0.2) is 45.2 Å². The van der Waals surface area contributed by atoms with Gasteiger partial charge in [-0.15, -0.1) is 0 Å². The average Bonchev–Trinajstić information content (AvgIpc) is 3.23. The van der Waals surface area contributed by atoms with Crippen LogP contribution < -0.4 is 10.9 Å². The molecule has 1 aliphatic heterocycles. The zero-order chi connectivity index (χ0) is 20.8. The normalized spacial score (nSPS) is 18.2. The molecule has 1 N–H and O–H groups in total. The average molecular weight is 456 g/mol. The molecule has 1 aromatic carbocycles. The number of halogens is 2. The van der Waals surface area contributed by atoms with Crippen LogP contribution in [0.15, 0.2) is 35.5 Å². The van der Waals surface area contributed by atoms with Gasteiger partial charge >= 0.3 is 0 Å². The predicted molar refractivity (Wildman–Crippen MR) is 109 cm³/mol. The molecule has 4 rings (SSSR count). The number of rotatable bonds is 4. The summed E-state index contributed by atoms with van der Waals surface area (Å²) in [7, 11) is -3.10. The lowest BCUT2D eigenvalue weighted by Gasteiger charge is -2.11. The number of benzene rings is 1. The Kier molecular flexibility index (Phi) is 5.09. The van der Waals surface area contributed by atoms with Gasteiger partial charge in [0.15, 0.2) is 15.5 Å². The van der Waals surface area contributed by atoms with Crippen LogP contribution in [0.2, 0.25) is 10.0 Å². The van der Waals surface area contributed by atoms with Gasteiger partial charge in [0.25, 0.3) is 5.56 Å². The molecule has 1 unspecified atom stereocenters. The lowest BCUT2D eigenvalue weighted by molar-refractivity contribution is -0.116. The van der Waals surface area contributed by atoms with Crippen LogP contribution in [0.1, 0.15) is 12.5 Å². The fourth-order valence-corrected chi connectivity index (χ4v) is 5.40. The van der Waals surface area contributed by atoms with E-state index in [9.17, 15) is 18.0 Å². The molecule has 9 nitrogen and oxygen atoms in total. The van der Waals surface area contributed by atoms with E-state index < -0.39 is 21.3 Å². The summed E-state index contributed by atoms with van der Waals surface area (Å²) in [5, 5.41) is 7.70. The fraction of sp³-hybridized carbons (Fsp3) is 0.294. The molecule has 2 aromatic heterocycles. The molecule has 0 spiro atoms. The Bertz CT molecular complexity index is 1280. The van der Waals surface area contributed by atoms with Crippen LogP contribution in [0.25, 0.3) is 11.0 Å². The number of carbonyl (C=O) groups is 1. The predicted octanol–water partition coefficient (Wildman–Crippen LogP) is 1.90. The number of amides is 1. The van der Waals surface area contributed by atoms with Crippen LogP contribution in [0.5, 0.6) is 0 Å². The molecule has 0 radical (unpaired) electrons. The van der Waals surface area contributed by atoms with Crippen molar-refractivity contribution >= 4 is 55.7 Å². The molecular formula is C17H15Cl2N5O4S. The summed E-state index contributed by atoms with van der Waals surface area (Å²) in [6, 6.07) is 4.29. The molecule has 0 saturated carbocycles. The topological polar surface area (TPSA) is 116 Å². The number of anilines is 1. The Labute approximate surface area is 175 Å². The Hall–Kier alpha value is -2.43. The number of nitrogens with zero attached hydrogens (tertiary/aromatic N) is 4. The van der Waals surface area contributed by atoms with Crippen molar-refractivity contribution in [1.29, 1.82) is 0 Å². The van der Waals surface area contributed by atoms with Crippen molar-refractivity contribution in [2.75, 3.05) is 16.8 Å². The smallest absolute Gasteiger partial charge is 0.264 e. The van der Waals surface area contributed by atoms with Crippen molar-refractivity contribution < 1.29 is 13.2 Å². The van der Waals surface area contributed by atoms with Crippen LogP contribution in [-0.2, 0) is 21.2 Å². The summed E-state index contributed by atoms with van der Waals surface area (Å²) in [5.74, 6) is -0.408. The molecule has 3 aromatic rings. The number of fused-ring (bicyclic) bond motifs is 1. The molecule has 0 bridgehead atoms. The van der Waals surface area contributed by atoms with Crippen molar-refractivity contribution in [1.82, 2.24) is 19.3 Å². The minimum Gasteiger partial charge on any atom is -0.323 e. The molecule has 1 amide bonds. The highest BCUT2D eigenvalue weighted by molar-refractivity contribution is 7.91. The fourth-order valence-electron chi connectivity index (χ4n) is 3.25. The highest BCUT2D eigenvalue weighted by Gasteiger charge is 2.31. The number of aromatic nitrogens is 4. The second-order valence-corrected chi connectivity index (χ2v) is 9.81. The van der Waals surface area contributed by atoms with Gasteiger partial charge in [-0.25, -0.2) is 18.1 Å². The van der Waals surface area contributed by atoms with E-state index in [0.717, 1.165) is 4.57 Å². The Balaban J connectivity index is 1.57. The number of hydrogen-bond acceptors (Lipinski definition) is 6.